The van der Waals surface area contributed by atoms with Crippen molar-refractivity contribution in [1.82, 2.24) is 14.5 Å². The Kier molecular flexibility index (Phi) is 3.00. The quantitative estimate of drug-likeness (QED) is 0.535. The molecule has 1 aliphatic rings. The fraction of sp³-hybridized carbons (Fsp3) is 0.105. The zero-order valence-electron chi connectivity index (χ0n) is 13.0. The molecular formula is C19H12BrN3O2. The monoisotopic (exact) mass is 393 g/mol. The zero-order valence-corrected chi connectivity index (χ0v) is 14.6. The smallest absolute Gasteiger partial charge is 0.304 e. The molecule has 0 spiro atoms. The van der Waals surface area contributed by atoms with Crippen LogP contribution in [0, 0.1) is 0 Å². The van der Waals surface area contributed by atoms with Gasteiger partial charge in [-0.3, -0.25) is 14.3 Å². The normalized spacial score (nSPS) is 13.7. The summed E-state index contributed by atoms with van der Waals surface area (Å²) in [7, 11) is 0. The average molecular weight is 394 g/mol. The molecule has 2 aromatic heterocycles. The summed E-state index contributed by atoms with van der Waals surface area (Å²) in [6.07, 6.45) is 2.95. The first-order valence-electron chi connectivity index (χ1n) is 7.97. The maximum absolute atomic E-state index is 12.6. The number of imidazole rings is 1. The lowest BCUT2D eigenvalue weighted by molar-refractivity contribution is 0.0994. The van der Waals surface area contributed by atoms with Crippen molar-refractivity contribution in [2.24, 2.45) is 0 Å². The largest absolute Gasteiger partial charge is 0.331 e. The molecule has 0 bridgehead atoms. The van der Waals surface area contributed by atoms with Gasteiger partial charge < -0.3 is 4.98 Å². The molecule has 0 aliphatic heterocycles. The van der Waals surface area contributed by atoms with Crippen LogP contribution in [0.4, 0.5) is 0 Å². The molecule has 0 amide bonds. The van der Waals surface area contributed by atoms with Gasteiger partial charge in [-0.05, 0) is 48.4 Å². The predicted octanol–water partition coefficient (Wildman–Crippen LogP) is 3.76. The summed E-state index contributed by atoms with van der Waals surface area (Å²) in [6, 6.07) is 11.4. The van der Waals surface area contributed by atoms with Gasteiger partial charge in [-0.25, -0.2) is 4.79 Å². The second-order valence-electron chi connectivity index (χ2n) is 6.21. The number of Topliss-reactive ketones (excluding diaryl/α,β-unsaturated/α-hetero) is 1. The Morgan fingerprint density at radius 1 is 1.08 bits per heavy atom. The van der Waals surface area contributed by atoms with Gasteiger partial charge in [0.25, 0.3) is 0 Å². The molecule has 5 rings (SSSR count). The summed E-state index contributed by atoms with van der Waals surface area (Å²) in [4.78, 5) is 31.8. The molecule has 0 atom stereocenters. The highest BCUT2D eigenvalue weighted by Crippen LogP contribution is 2.29. The Morgan fingerprint density at radius 2 is 1.96 bits per heavy atom. The van der Waals surface area contributed by atoms with Crippen LogP contribution in [-0.4, -0.2) is 20.3 Å². The second kappa shape index (κ2) is 5.13. The van der Waals surface area contributed by atoms with E-state index in [2.05, 4.69) is 25.9 Å². The van der Waals surface area contributed by atoms with Gasteiger partial charge >= 0.3 is 5.69 Å². The number of rotatable bonds is 1. The highest BCUT2D eigenvalue weighted by atomic mass is 79.9. The highest BCUT2D eigenvalue weighted by molar-refractivity contribution is 9.10. The minimum Gasteiger partial charge on any atom is -0.304 e. The third-order valence-corrected chi connectivity index (χ3v) is 5.23. The maximum atomic E-state index is 12.6. The second-order valence-corrected chi connectivity index (χ2v) is 7.13. The van der Waals surface area contributed by atoms with Gasteiger partial charge in [0.1, 0.15) is 0 Å². The summed E-state index contributed by atoms with van der Waals surface area (Å²) in [5.41, 5.74) is 4.62. The van der Waals surface area contributed by atoms with Crippen LogP contribution in [0.2, 0.25) is 0 Å². The van der Waals surface area contributed by atoms with Gasteiger partial charge in [0.2, 0.25) is 0 Å². The van der Waals surface area contributed by atoms with Gasteiger partial charge in [-0.1, -0.05) is 15.9 Å². The summed E-state index contributed by atoms with van der Waals surface area (Å²) in [5.74, 6) is 0.173. The standard InChI is InChI=1S/C19H12BrN3O2/c20-11-2-5-15-14(8-11)18-16(9-21-15)22-19(25)23(18)12-3-4-13-10(7-12)1-6-17(13)24/h2-5,7-9H,1,6H2,(H,22,25). The first-order valence-corrected chi connectivity index (χ1v) is 8.76. The lowest BCUT2D eigenvalue weighted by Crippen LogP contribution is -2.15. The van der Waals surface area contributed by atoms with Crippen LogP contribution in [-0.2, 0) is 6.42 Å². The fourth-order valence-electron chi connectivity index (χ4n) is 3.58. The highest BCUT2D eigenvalue weighted by Gasteiger charge is 2.21. The molecule has 4 aromatic rings. The Labute approximate surface area is 150 Å². The molecule has 5 nitrogen and oxygen atoms in total. The summed E-state index contributed by atoms with van der Waals surface area (Å²) in [6.45, 7) is 0. The minimum atomic E-state index is -0.214. The number of hydrogen-bond donors (Lipinski definition) is 1. The van der Waals surface area contributed by atoms with Crippen molar-refractivity contribution in [3.63, 3.8) is 0 Å². The topological polar surface area (TPSA) is 67.8 Å². The predicted molar refractivity (Wildman–Crippen MR) is 99.5 cm³/mol. The number of ketones is 1. The van der Waals surface area contributed by atoms with Crippen LogP contribution in [0.5, 0.6) is 0 Å². The van der Waals surface area contributed by atoms with Crippen LogP contribution >= 0.6 is 15.9 Å². The van der Waals surface area contributed by atoms with Gasteiger partial charge in [-0.15, -0.1) is 0 Å². The average Bonchev–Trinajstić information content (AvgIpc) is 3.14. The van der Waals surface area contributed by atoms with Gasteiger partial charge in [0.05, 0.1) is 28.4 Å². The van der Waals surface area contributed by atoms with Crippen LogP contribution < -0.4 is 5.69 Å². The molecule has 0 radical (unpaired) electrons. The van der Waals surface area contributed by atoms with E-state index in [0.717, 1.165) is 44.1 Å². The Balaban J connectivity index is 1.87. The summed E-state index contributed by atoms with van der Waals surface area (Å²) in [5, 5.41) is 0.891. The number of nitrogens with one attached hydrogen (secondary N) is 1. The van der Waals surface area contributed by atoms with Crippen LogP contribution in [0.15, 0.2) is 51.9 Å². The van der Waals surface area contributed by atoms with Crippen molar-refractivity contribution in [1.29, 1.82) is 0 Å². The van der Waals surface area contributed by atoms with Gasteiger partial charge in [0, 0.05) is 21.8 Å². The van der Waals surface area contributed by atoms with E-state index in [1.807, 2.05) is 36.4 Å². The number of aromatic nitrogens is 3. The van der Waals surface area contributed by atoms with Crippen molar-refractivity contribution >= 4 is 43.6 Å². The molecule has 0 saturated heterocycles. The van der Waals surface area contributed by atoms with Crippen molar-refractivity contribution < 1.29 is 4.79 Å². The zero-order chi connectivity index (χ0) is 17.1. The lowest BCUT2D eigenvalue weighted by Gasteiger charge is -2.08. The van der Waals surface area contributed by atoms with E-state index in [1.165, 1.54) is 0 Å². The van der Waals surface area contributed by atoms with Crippen molar-refractivity contribution in [3.05, 3.63) is 68.7 Å². The van der Waals surface area contributed by atoms with E-state index < -0.39 is 0 Å². The number of H-pyrrole nitrogens is 1. The molecule has 0 fully saturated rings. The third kappa shape index (κ3) is 2.10. The number of nitrogens with zero attached hydrogens (tertiary/aromatic N) is 2. The first kappa shape index (κ1) is 14.6. The number of aryl methyl sites for hydroxylation is 1. The Morgan fingerprint density at radius 3 is 2.84 bits per heavy atom. The third-order valence-electron chi connectivity index (χ3n) is 4.74. The number of hydrogen-bond acceptors (Lipinski definition) is 3. The lowest BCUT2D eigenvalue weighted by atomic mass is 10.1. The summed E-state index contributed by atoms with van der Waals surface area (Å²) < 4.78 is 2.59. The van der Waals surface area contributed by atoms with Gasteiger partial charge in [-0.2, -0.15) is 0 Å². The molecule has 6 heteroatoms. The number of carbonyl (C=O) groups is 1. The van der Waals surface area contributed by atoms with Crippen LogP contribution in [0.3, 0.4) is 0 Å². The van der Waals surface area contributed by atoms with Gasteiger partial charge in [0.15, 0.2) is 5.78 Å². The fourth-order valence-corrected chi connectivity index (χ4v) is 3.94. The van der Waals surface area contributed by atoms with Crippen LogP contribution in [0.1, 0.15) is 22.3 Å². The molecule has 122 valence electrons. The van der Waals surface area contributed by atoms with Crippen molar-refractivity contribution in [2.45, 2.75) is 12.8 Å². The van der Waals surface area contributed by atoms with Crippen molar-refractivity contribution in [3.8, 4) is 5.69 Å². The SMILES string of the molecule is O=C1CCc2cc(-n3c(=O)[nH]c4cnc5ccc(Br)cc5c43)ccc21. The first-order chi connectivity index (χ1) is 12.1. The van der Waals surface area contributed by atoms with E-state index >= 15 is 0 Å². The summed E-state index contributed by atoms with van der Waals surface area (Å²) >= 11 is 3.49. The maximum Gasteiger partial charge on any atom is 0.331 e. The van der Waals surface area contributed by atoms with Crippen molar-refractivity contribution in [2.75, 3.05) is 0 Å². The van der Waals surface area contributed by atoms with E-state index in [-0.39, 0.29) is 11.5 Å². The molecule has 1 aliphatic carbocycles. The molecule has 0 saturated carbocycles. The van der Waals surface area contributed by atoms with E-state index in [0.29, 0.717) is 11.9 Å². The number of halogens is 1. The molecule has 2 heterocycles. The van der Waals surface area contributed by atoms with E-state index in [1.54, 1.807) is 10.8 Å². The Bertz CT molecular complexity index is 1250. The van der Waals surface area contributed by atoms with E-state index in [9.17, 15) is 9.59 Å². The minimum absolute atomic E-state index is 0.173. The Hall–Kier alpha value is -2.73. The molecule has 1 N–H and O–H groups in total. The molecule has 2 aromatic carbocycles. The van der Waals surface area contributed by atoms with Crippen LogP contribution in [0.25, 0.3) is 27.6 Å². The number of fused-ring (bicyclic) bond motifs is 4. The number of pyridine rings is 1. The number of carbonyl (C=O) groups excluding carboxylic acids is 1. The molecular weight excluding hydrogens is 382 g/mol. The molecule has 0 unspecified atom stereocenters. The number of aromatic amines is 1. The molecule has 25 heavy (non-hydrogen) atoms. The number of benzene rings is 2. The van der Waals surface area contributed by atoms with E-state index in [4.69, 9.17) is 0 Å².